The number of ether oxygens (including phenoxy) is 3. The molecule has 0 bridgehead atoms. The van der Waals surface area contributed by atoms with Gasteiger partial charge in [0.25, 0.3) is 0 Å². The molecule has 3 aromatic rings. The summed E-state index contributed by atoms with van der Waals surface area (Å²) >= 11 is 0. The predicted octanol–water partition coefficient (Wildman–Crippen LogP) is 4.86. The molecule has 0 saturated heterocycles. The van der Waals surface area contributed by atoms with E-state index in [0.29, 0.717) is 5.75 Å². The van der Waals surface area contributed by atoms with Crippen LogP contribution >= 0.6 is 0 Å². The summed E-state index contributed by atoms with van der Waals surface area (Å²) in [6.45, 7) is 2.13. The van der Waals surface area contributed by atoms with Crippen molar-refractivity contribution in [3.8, 4) is 23.1 Å². The molecule has 0 radical (unpaired) electrons. The lowest BCUT2D eigenvalue weighted by molar-refractivity contribution is 0.139. The molecule has 128 valence electrons. The summed E-state index contributed by atoms with van der Waals surface area (Å²) in [6, 6.07) is 21.3. The predicted molar refractivity (Wildman–Crippen MR) is 92.7 cm³/mol. The Hall–Kier alpha value is -3.08. The van der Waals surface area contributed by atoms with Crippen molar-refractivity contribution in [1.29, 1.82) is 0 Å². The highest BCUT2D eigenvalue weighted by Gasteiger charge is 2.07. The van der Waals surface area contributed by atoms with Crippen LogP contribution in [-0.4, -0.2) is 17.7 Å². The van der Waals surface area contributed by atoms with Gasteiger partial charge < -0.3 is 14.2 Å². The van der Waals surface area contributed by atoms with E-state index in [4.69, 9.17) is 14.2 Å². The Morgan fingerprint density at radius 3 is 2.24 bits per heavy atom. The lowest BCUT2D eigenvalue weighted by atomic mass is 10.3. The summed E-state index contributed by atoms with van der Waals surface area (Å²) in [6.07, 6.45) is -0.217. The van der Waals surface area contributed by atoms with E-state index in [1.54, 1.807) is 12.1 Å². The largest absolute Gasteiger partial charge is 0.487 e. The third kappa shape index (κ3) is 5.21. The van der Waals surface area contributed by atoms with Crippen molar-refractivity contribution < 1.29 is 18.6 Å². The molecule has 5 heteroatoms. The molecular weight excluding hydrogens is 321 g/mol. The molecule has 0 fully saturated rings. The van der Waals surface area contributed by atoms with Gasteiger partial charge in [-0.05, 0) is 49.4 Å². The fraction of sp³-hybridized carbons (Fsp3) is 0.150. The highest BCUT2D eigenvalue weighted by atomic mass is 19.1. The number of hydrogen-bond acceptors (Lipinski definition) is 4. The Kier molecular flexibility index (Phi) is 5.46. The molecule has 0 aliphatic rings. The number of nitrogens with zero attached hydrogens (tertiary/aromatic N) is 1. The van der Waals surface area contributed by atoms with Gasteiger partial charge in [0.1, 0.15) is 30.0 Å². The summed E-state index contributed by atoms with van der Waals surface area (Å²) in [5.74, 6) is 1.87. The van der Waals surface area contributed by atoms with Crippen LogP contribution in [0.15, 0.2) is 72.8 Å². The molecule has 2 aromatic carbocycles. The average Bonchev–Trinajstić information content (AvgIpc) is 2.63. The van der Waals surface area contributed by atoms with Gasteiger partial charge in [-0.2, -0.15) is 9.37 Å². The summed E-state index contributed by atoms with van der Waals surface area (Å²) in [7, 11) is 0. The first-order chi connectivity index (χ1) is 12.2. The topological polar surface area (TPSA) is 40.6 Å². The molecule has 0 spiro atoms. The van der Waals surface area contributed by atoms with E-state index in [1.807, 2.05) is 61.5 Å². The van der Waals surface area contributed by atoms with E-state index < -0.39 is 5.95 Å². The van der Waals surface area contributed by atoms with Crippen molar-refractivity contribution >= 4 is 0 Å². The fourth-order valence-corrected chi connectivity index (χ4v) is 2.15. The second-order valence-electron chi connectivity index (χ2n) is 5.42. The molecule has 4 nitrogen and oxygen atoms in total. The number of hydrogen-bond donors (Lipinski definition) is 0. The lowest BCUT2D eigenvalue weighted by Gasteiger charge is -2.15. The SMILES string of the molecule is CC(COc1cccc(F)n1)Oc1ccc(Oc2ccccc2)cc1. The minimum atomic E-state index is -0.569. The van der Waals surface area contributed by atoms with Gasteiger partial charge in [-0.25, -0.2) is 0 Å². The first-order valence-corrected chi connectivity index (χ1v) is 7.94. The second kappa shape index (κ2) is 8.15. The van der Waals surface area contributed by atoms with Crippen LogP contribution < -0.4 is 14.2 Å². The van der Waals surface area contributed by atoms with E-state index in [-0.39, 0.29) is 18.6 Å². The minimum Gasteiger partial charge on any atom is -0.487 e. The number of para-hydroxylation sites is 1. The van der Waals surface area contributed by atoms with Crippen LogP contribution in [0.5, 0.6) is 23.1 Å². The fourth-order valence-electron chi connectivity index (χ4n) is 2.15. The first kappa shape index (κ1) is 16.8. The van der Waals surface area contributed by atoms with Gasteiger partial charge in [0.15, 0.2) is 0 Å². The average molecular weight is 339 g/mol. The molecule has 1 aromatic heterocycles. The number of rotatable bonds is 7. The Balaban J connectivity index is 1.50. The number of halogens is 1. The van der Waals surface area contributed by atoms with Crippen LogP contribution in [-0.2, 0) is 0 Å². The second-order valence-corrected chi connectivity index (χ2v) is 5.42. The summed E-state index contributed by atoms with van der Waals surface area (Å²) in [4.78, 5) is 3.64. The molecule has 0 aliphatic carbocycles. The van der Waals surface area contributed by atoms with Crippen molar-refractivity contribution in [3.63, 3.8) is 0 Å². The third-order valence-corrected chi connectivity index (χ3v) is 3.30. The van der Waals surface area contributed by atoms with Crippen LogP contribution in [0.1, 0.15) is 6.92 Å². The van der Waals surface area contributed by atoms with Gasteiger partial charge in [-0.15, -0.1) is 0 Å². The van der Waals surface area contributed by atoms with Gasteiger partial charge in [0.05, 0.1) is 0 Å². The summed E-state index contributed by atoms with van der Waals surface area (Å²) < 4.78 is 29.9. The molecule has 0 saturated carbocycles. The van der Waals surface area contributed by atoms with Crippen LogP contribution in [0.3, 0.4) is 0 Å². The maximum atomic E-state index is 13.0. The van der Waals surface area contributed by atoms with Gasteiger partial charge in [-0.3, -0.25) is 0 Å². The first-order valence-electron chi connectivity index (χ1n) is 7.94. The van der Waals surface area contributed by atoms with Crippen LogP contribution in [0, 0.1) is 5.95 Å². The van der Waals surface area contributed by atoms with Crippen molar-refractivity contribution in [2.24, 2.45) is 0 Å². The van der Waals surface area contributed by atoms with Crippen molar-refractivity contribution in [1.82, 2.24) is 4.98 Å². The normalized spacial score (nSPS) is 11.6. The number of benzene rings is 2. The maximum Gasteiger partial charge on any atom is 0.216 e. The molecule has 1 atom stereocenters. The molecule has 0 aliphatic heterocycles. The molecule has 0 amide bonds. The third-order valence-electron chi connectivity index (χ3n) is 3.30. The van der Waals surface area contributed by atoms with Crippen LogP contribution in [0.4, 0.5) is 4.39 Å². The van der Waals surface area contributed by atoms with Gasteiger partial charge in [0, 0.05) is 6.07 Å². The van der Waals surface area contributed by atoms with Crippen molar-refractivity contribution in [3.05, 3.63) is 78.7 Å². The van der Waals surface area contributed by atoms with Gasteiger partial charge in [-0.1, -0.05) is 24.3 Å². The molecule has 3 rings (SSSR count). The highest BCUT2D eigenvalue weighted by Crippen LogP contribution is 2.24. The highest BCUT2D eigenvalue weighted by molar-refractivity contribution is 5.35. The molecule has 1 unspecified atom stereocenters. The zero-order valence-electron chi connectivity index (χ0n) is 13.8. The Labute approximate surface area is 145 Å². The molecular formula is C20H18FNO3. The molecule has 25 heavy (non-hydrogen) atoms. The summed E-state index contributed by atoms with van der Waals surface area (Å²) in [5.41, 5.74) is 0. The van der Waals surface area contributed by atoms with Gasteiger partial charge >= 0.3 is 0 Å². The lowest BCUT2D eigenvalue weighted by Crippen LogP contribution is -2.21. The smallest absolute Gasteiger partial charge is 0.216 e. The number of pyridine rings is 1. The van der Waals surface area contributed by atoms with E-state index in [9.17, 15) is 4.39 Å². The maximum absolute atomic E-state index is 13.0. The van der Waals surface area contributed by atoms with E-state index >= 15 is 0 Å². The minimum absolute atomic E-state index is 0.217. The monoisotopic (exact) mass is 339 g/mol. The zero-order chi connectivity index (χ0) is 17.5. The summed E-state index contributed by atoms with van der Waals surface area (Å²) in [5, 5.41) is 0. The van der Waals surface area contributed by atoms with Crippen molar-refractivity contribution in [2.45, 2.75) is 13.0 Å². The number of aromatic nitrogens is 1. The zero-order valence-corrected chi connectivity index (χ0v) is 13.8. The van der Waals surface area contributed by atoms with Crippen LogP contribution in [0.25, 0.3) is 0 Å². The molecule has 1 heterocycles. The van der Waals surface area contributed by atoms with E-state index in [0.717, 1.165) is 11.5 Å². The quantitative estimate of drug-likeness (QED) is 0.577. The Bertz CT molecular complexity index is 794. The Morgan fingerprint density at radius 2 is 1.52 bits per heavy atom. The van der Waals surface area contributed by atoms with E-state index in [1.165, 1.54) is 6.07 Å². The molecule has 0 N–H and O–H groups in total. The van der Waals surface area contributed by atoms with E-state index in [2.05, 4.69) is 4.98 Å². The van der Waals surface area contributed by atoms with Crippen molar-refractivity contribution in [2.75, 3.05) is 6.61 Å². The Morgan fingerprint density at radius 1 is 0.840 bits per heavy atom. The standard InChI is InChI=1S/C20H18FNO3/c1-15(14-23-20-9-5-8-19(21)22-20)24-17-10-12-18(13-11-17)25-16-6-3-2-4-7-16/h2-13,15H,14H2,1H3. The van der Waals surface area contributed by atoms with Gasteiger partial charge in [0.2, 0.25) is 11.8 Å². The van der Waals surface area contributed by atoms with Crippen LogP contribution in [0.2, 0.25) is 0 Å².